The van der Waals surface area contributed by atoms with Crippen molar-refractivity contribution in [2.24, 2.45) is 16.8 Å². The molecule has 1 saturated heterocycles. The summed E-state index contributed by atoms with van der Waals surface area (Å²) < 4.78 is 0. The van der Waals surface area contributed by atoms with Crippen molar-refractivity contribution in [1.29, 1.82) is 0 Å². The minimum atomic E-state index is 0.161. The van der Waals surface area contributed by atoms with Crippen LogP contribution in [0.5, 0.6) is 0 Å². The Balaban J connectivity index is 1.94. The monoisotopic (exact) mass is 247 g/mol. The Morgan fingerprint density at radius 3 is 2.50 bits per heavy atom. The van der Waals surface area contributed by atoms with Crippen molar-refractivity contribution in [3.05, 3.63) is 35.4 Å². The van der Waals surface area contributed by atoms with Crippen LogP contribution in [-0.4, -0.2) is 29.0 Å². The average Bonchev–Trinajstić information content (AvgIpc) is 2.41. The van der Waals surface area contributed by atoms with E-state index >= 15 is 0 Å². The van der Waals surface area contributed by atoms with Gasteiger partial charge < -0.3 is 10.9 Å². The van der Waals surface area contributed by atoms with Crippen molar-refractivity contribution in [3.63, 3.8) is 0 Å². The van der Waals surface area contributed by atoms with Gasteiger partial charge in [0.15, 0.2) is 5.84 Å². The summed E-state index contributed by atoms with van der Waals surface area (Å²) in [4.78, 5) is 2.48. The lowest BCUT2D eigenvalue weighted by atomic mass is 9.99. The molecular formula is C14H21N3O. The van der Waals surface area contributed by atoms with Gasteiger partial charge in [-0.05, 0) is 37.4 Å². The van der Waals surface area contributed by atoms with Crippen LogP contribution in [-0.2, 0) is 6.54 Å². The molecule has 0 bridgehead atoms. The molecule has 1 aromatic rings. The molecule has 2 rings (SSSR count). The van der Waals surface area contributed by atoms with Gasteiger partial charge in [0.2, 0.25) is 0 Å². The highest BCUT2D eigenvalue weighted by atomic mass is 16.4. The van der Waals surface area contributed by atoms with Crippen molar-refractivity contribution in [2.75, 3.05) is 13.1 Å². The van der Waals surface area contributed by atoms with Gasteiger partial charge in [0, 0.05) is 12.1 Å². The van der Waals surface area contributed by atoms with Gasteiger partial charge in [0.1, 0.15) is 0 Å². The predicted molar refractivity (Wildman–Crippen MR) is 72.6 cm³/mol. The van der Waals surface area contributed by atoms with Crippen LogP contribution in [0.25, 0.3) is 0 Å². The van der Waals surface area contributed by atoms with Crippen LogP contribution in [0.1, 0.15) is 30.9 Å². The van der Waals surface area contributed by atoms with Crippen LogP contribution in [0.4, 0.5) is 0 Å². The van der Waals surface area contributed by atoms with Crippen LogP contribution in [0.3, 0.4) is 0 Å². The summed E-state index contributed by atoms with van der Waals surface area (Å²) >= 11 is 0. The fourth-order valence-corrected chi connectivity index (χ4v) is 2.32. The van der Waals surface area contributed by atoms with E-state index in [0.29, 0.717) is 0 Å². The number of benzene rings is 1. The lowest BCUT2D eigenvalue weighted by molar-refractivity contribution is 0.185. The zero-order valence-electron chi connectivity index (χ0n) is 10.8. The van der Waals surface area contributed by atoms with Crippen LogP contribution in [0, 0.1) is 5.92 Å². The third-order valence-electron chi connectivity index (χ3n) is 3.64. The van der Waals surface area contributed by atoms with E-state index in [9.17, 15) is 0 Å². The fourth-order valence-electron chi connectivity index (χ4n) is 2.32. The smallest absolute Gasteiger partial charge is 0.170 e. The fraction of sp³-hybridized carbons (Fsp3) is 0.500. The molecule has 1 fully saturated rings. The SMILES string of the molecule is CC1CCN(Cc2ccc(/C(N)=N/O)cc2)CC1. The molecule has 1 aliphatic rings. The third kappa shape index (κ3) is 3.23. The van der Waals surface area contributed by atoms with Crippen LogP contribution < -0.4 is 5.73 Å². The number of amidine groups is 1. The van der Waals surface area contributed by atoms with Gasteiger partial charge in [-0.3, -0.25) is 4.90 Å². The molecule has 98 valence electrons. The molecule has 1 heterocycles. The van der Waals surface area contributed by atoms with Gasteiger partial charge in [-0.25, -0.2) is 0 Å². The van der Waals surface area contributed by atoms with E-state index in [1.165, 1.54) is 31.5 Å². The normalized spacial score (nSPS) is 19.1. The third-order valence-corrected chi connectivity index (χ3v) is 3.64. The molecule has 0 aliphatic carbocycles. The maximum Gasteiger partial charge on any atom is 0.170 e. The zero-order valence-corrected chi connectivity index (χ0v) is 10.8. The standard InChI is InChI=1S/C14H21N3O/c1-11-6-8-17(9-7-11)10-12-2-4-13(5-3-12)14(15)16-18/h2-5,11,18H,6-10H2,1H3,(H2,15,16). The summed E-state index contributed by atoms with van der Waals surface area (Å²) in [5.41, 5.74) is 7.57. The maximum atomic E-state index is 8.60. The van der Waals surface area contributed by atoms with Crippen LogP contribution >= 0.6 is 0 Å². The number of likely N-dealkylation sites (tertiary alicyclic amines) is 1. The Bertz CT molecular complexity index is 406. The first kappa shape index (κ1) is 12.9. The molecule has 0 unspecified atom stereocenters. The molecule has 0 atom stereocenters. The van der Waals surface area contributed by atoms with Crippen LogP contribution in [0.15, 0.2) is 29.4 Å². The molecule has 0 radical (unpaired) electrons. The Labute approximate surface area is 108 Å². The van der Waals surface area contributed by atoms with Crippen molar-refractivity contribution in [2.45, 2.75) is 26.3 Å². The summed E-state index contributed by atoms with van der Waals surface area (Å²) in [5, 5.41) is 11.6. The van der Waals surface area contributed by atoms with Gasteiger partial charge in [0.05, 0.1) is 0 Å². The van der Waals surface area contributed by atoms with Crippen LogP contribution in [0.2, 0.25) is 0 Å². The highest BCUT2D eigenvalue weighted by Crippen LogP contribution is 2.18. The Morgan fingerprint density at radius 2 is 1.94 bits per heavy atom. The second-order valence-electron chi connectivity index (χ2n) is 5.14. The van der Waals surface area contributed by atoms with Gasteiger partial charge in [-0.2, -0.15) is 0 Å². The van der Waals surface area contributed by atoms with E-state index in [2.05, 4.69) is 17.0 Å². The highest BCUT2D eigenvalue weighted by Gasteiger charge is 2.15. The number of piperidine rings is 1. The lowest BCUT2D eigenvalue weighted by Crippen LogP contribution is -2.32. The van der Waals surface area contributed by atoms with Gasteiger partial charge in [-0.15, -0.1) is 0 Å². The molecule has 4 heteroatoms. The molecule has 0 saturated carbocycles. The van der Waals surface area contributed by atoms with E-state index in [1.807, 2.05) is 24.3 Å². The molecule has 4 nitrogen and oxygen atoms in total. The molecular weight excluding hydrogens is 226 g/mol. The van der Waals surface area contributed by atoms with E-state index in [4.69, 9.17) is 10.9 Å². The summed E-state index contributed by atoms with van der Waals surface area (Å²) in [6, 6.07) is 7.89. The molecule has 0 amide bonds. The minimum absolute atomic E-state index is 0.161. The molecule has 0 spiro atoms. The summed E-state index contributed by atoms with van der Waals surface area (Å²) in [5.74, 6) is 1.03. The number of nitrogens with zero attached hydrogens (tertiary/aromatic N) is 2. The Morgan fingerprint density at radius 1 is 1.33 bits per heavy atom. The summed E-state index contributed by atoms with van der Waals surface area (Å²) in [6.07, 6.45) is 2.59. The molecule has 0 aromatic heterocycles. The van der Waals surface area contributed by atoms with Crippen molar-refractivity contribution in [3.8, 4) is 0 Å². The predicted octanol–water partition coefficient (Wildman–Crippen LogP) is 2.01. The van der Waals surface area contributed by atoms with Crippen molar-refractivity contribution in [1.82, 2.24) is 4.90 Å². The lowest BCUT2D eigenvalue weighted by Gasteiger charge is -2.30. The molecule has 1 aliphatic heterocycles. The van der Waals surface area contributed by atoms with E-state index in [1.54, 1.807) is 0 Å². The number of nitrogens with two attached hydrogens (primary N) is 1. The Kier molecular flexibility index (Phi) is 4.20. The van der Waals surface area contributed by atoms with E-state index in [-0.39, 0.29) is 5.84 Å². The van der Waals surface area contributed by atoms with Crippen molar-refractivity contribution < 1.29 is 5.21 Å². The zero-order chi connectivity index (χ0) is 13.0. The summed E-state index contributed by atoms with van der Waals surface area (Å²) in [7, 11) is 0. The number of hydrogen-bond donors (Lipinski definition) is 2. The first-order valence-corrected chi connectivity index (χ1v) is 6.48. The van der Waals surface area contributed by atoms with E-state index in [0.717, 1.165) is 18.0 Å². The minimum Gasteiger partial charge on any atom is -0.409 e. The highest BCUT2D eigenvalue weighted by molar-refractivity contribution is 5.96. The molecule has 18 heavy (non-hydrogen) atoms. The largest absolute Gasteiger partial charge is 0.409 e. The maximum absolute atomic E-state index is 8.60. The van der Waals surface area contributed by atoms with Gasteiger partial charge in [0.25, 0.3) is 0 Å². The average molecular weight is 247 g/mol. The Hall–Kier alpha value is -1.55. The van der Waals surface area contributed by atoms with Gasteiger partial charge >= 0.3 is 0 Å². The first-order valence-electron chi connectivity index (χ1n) is 6.48. The van der Waals surface area contributed by atoms with E-state index < -0.39 is 0 Å². The van der Waals surface area contributed by atoms with Crippen molar-refractivity contribution >= 4 is 5.84 Å². The second-order valence-corrected chi connectivity index (χ2v) is 5.14. The van der Waals surface area contributed by atoms with Gasteiger partial charge in [-0.1, -0.05) is 36.3 Å². The summed E-state index contributed by atoms with van der Waals surface area (Å²) in [6.45, 7) is 5.68. The number of hydrogen-bond acceptors (Lipinski definition) is 3. The second kappa shape index (κ2) is 5.87. The molecule has 1 aromatic carbocycles. The number of oxime groups is 1. The molecule has 3 N–H and O–H groups in total. The number of rotatable bonds is 3. The first-order chi connectivity index (χ1) is 8.69. The quantitative estimate of drug-likeness (QED) is 0.372. The topological polar surface area (TPSA) is 61.8 Å².